The molecule has 0 aliphatic heterocycles. The van der Waals surface area contributed by atoms with Crippen LogP contribution in [0.3, 0.4) is 0 Å². The van der Waals surface area contributed by atoms with Crippen LogP contribution in [0.5, 0.6) is 5.75 Å². The van der Waals surface area contributed by atoms with Gasteiger partial charge in [0, 0.05) is 11.1 Å². The Balaban J connectivity index is 2.26. The zero-order valence-corrected chi connectivity index (χ0v) is 8.92. The fourth-order valence-corrected chi connectivity index (χ4v) is 2.12. The van der Waals surface area contributed by atoms with Gasteiger partial charge in [-0.05, 0) is 42.5 Å². The van der Waals surface area contributed by atoms with Crippen molar-refractivity contribution < 1.29 is 4.74 Å². The van der Waals surface area contributed by atoms with Crippen molar-refractivity contribution in [3.05, 3.63) is 28.8 Å². The lowest BCUT2D eigenvalue weighted by Gasteiger charge is -2.33. The van der Waals surface area contributed by atoms with Gasteiger partial charge in [-0.1, -0.05) is 11.6 Å². The molecular formula is C11H14ClNO. The van der Waals surface area contributed by atoms with Crippen molar-refractivity contribution in [1.82, 2.24) is 0 Å². The molecule has 0 heterocycles. The van der Waals surface area contributed by atoms with Crippen LogP contribution in [-0.4, -0.2) is 13.2 Å². The monoisotopic (exact) mass is 211 g/mol. The Bertz CT molecular complexity index is 334. The molecule has 2 rings (SSSR count). The molecule has 0 atom stereocenters. The Morgan fingerprint density at radius 2 is 2.14 bits per heavy atom. The van der Waals surface area contributed by atoms with Gasteiger partial charge in [0.25, 0.3) is 0 Å². The van der Waals surface area contributed by atoms with E-state index in [0.29, 0.717) is 12.0 Å². The van der Waals surface area contributed by atoms with Crippen molar-refractivity contribution >= 4 is 11.6 Å². The highest BCUT2D eigenvalue weighted by Gasteiger charge is 2.29. The quantitative estimate of drug-likeness (QED) is 0.816. The van der Waals surface area contributed by atoms with Gasteiger partial charge in [0.15, 0.2) is 0 Å². The number of benzene rings is 1. The van der Waals surface area contributed by atoms with Gasteiger partial charge < -0.3 is 10.5 Å². The third-order valence-corrected chi connectivity index (χ3v) is 3.04. The fraction of sp³-hybridized carbons (Fsp3) is 0.455. The molecule has 1 fully saturated rings. The van der Waals surface area contributed by atoms with Crippen LogP contribution in [0.15, 0.2) is 18.2 Å². The van der Waals surface area contributed by atoms with Crippen molar-refractivity contribution in [2.24, 2.45) is 5.73 Å². The first-order chi connectivity index (χ1) is 6.70. The van der Waals surface area contributed by atoms with Gasteiger partial charge in [-0.25, -0.2) is 0 Å². The van der Waals surface area contributed by atoms with E-state index in [1.807, 2.05) is 18.2 Å². The number of hydrogen-bond acceptors (Lipinski definition) is 2. The van der Waals surface area contributed by atoms with E-state index < -0.39 is 0 Å². The van der Waals surface area contributed by atoms with Crippen molar-refractivity contribution in [3.63, 3.8) is 0 Å². The van der Waals surface area contributed by atoms with E-state index in [0.717, 1.165) is 23.6 Å². The molecule has 0 spiro atoms. The largest absolute Gasteiger partial charge is 0.496 e. The highest BCUT2D eigenvalue weighted by atomic mass is 35.5. The molecule has 1 saturated carbocycles. The molecule has 2 N–H and O–H groups in total. The molecule has 76 valence electrons. The first-order valence-corrected chi connectivity index (χ1v) is 5.17. The van der Waals surface area contributed by atoms with E-state index in [1.165, 1.54) is 5.56 Å². The third-order valence-electron chi connectivity index (χ3n) is 2.81. The predicted molar refractivity (Wildman–Crippen MR) is 58.0 cm³/mol. The molecule has 1 aromatic rings. The molecule has 3 heteroatoms. The molecule has 0 aromatic heterocycles. The maximum absolute atomic E-state index is 5.95. The van der Waals surface area contributed by atoms with Gasteiger partial charge in [-0.3, -0.25) is 0 Å². The smallest absolute Gasteiger partial charge is 0.122 e. The Morgan fingerprint density at radius 3 is 2.71 bits per heavy atom. The highest BCUT2D eigenvalue weighted by Crippen LogP contribution is 2.41. The van der Waals surface area contributed by atoms with Crippen LogP contribution in [0.25, 0.3) is 0 Å². The molecule has 14 heavy (non-hydrogen) atoms. The van der Waals surface area contributed by atoms with E-state index in [-0.39, 0.29) is 0 Å². The Hall–Kier alpha value is -0.730. The lowest BCUT2D eigenvalue weighted by Crippen LogP contribution is -2.34. The van der Waals surface area contributed by atoms with E-state index in [2.05, 4.69) is 0 Å². The van der Waals surface area contributed by atoms with Gasteiger partial charge >= 0.3 is 0 Å². The molecule has 0 amide bonds. The molecule has 0 unspecified atom stereocenters. The molecule has 0 radical (unpaired) electrons. The van der Waals surface area contributed by atoms with Crippen LogP contribution in [0.4, 0.5) is 0 Å². The van der Waals surface area contributed by atoms with Crippen LogP contribution in [0.1, 0.15) is 24.3 Å². The summed E-state index contributed by atoms with van der Waals surface area (Å²) in [6.45, 7) is 0. The summed E-state index contributed by atoms with van der Waals surface area (Å²) in [6, 6.07) is 6.10. The predicted octanol–water partition coefficient (Wildman–Crippen LogP) is 2.55. The zero-order valence-electron chi connectivity index (χ0n) is 8.16. The Morgan fingerprint density at radius 1 is 1.43 bits per heavy atom. The number of halogens is 1. The second kappa shape index (κ2) is 3.79. The van der Waals surface area contributed by atoms with Crippen molar-refractivity contribution in [2.75, 3.05) is 7.11 Å². The molecule has 0 saturated heterocycles. The second-order valence-electron chi connectivity index (χ2n) is 3.81. The van der Waals surface area contributed by atoms with Gasteiger partial charge in [0.05, 0.1) is 7.11 Å². The molecule has 1 aliphatic rings. The average molecular weight is 212 g/mol. The normalized spacial score (nSPS) is 25.6. The van der Waals surface area contributed by atoms with Gasteiger partial charge in [-0.15, -0.1) is 0 Å². The molecule has 1 aromatic carbocycles. The summed E-state index contributed by atoms with van der Waals surface area (Å²) in [5.41, 5.74) is 6.96. The summed E-state index contributed by atoms with van der Waals surface area (Å²) >= 11 is 5.95. The second-order valence-corrected chi connectivity index (χ2v) is 4.25. The van der Waals surface area contributed by atoms with Crippen LogP contribution >= 0.6 is 11.6 Å². The van der Waals surface area contributed by atoms with E-state index in [1.54, 1.807) is 7.11 Å². The summed E-state index contributed by atoms with van der Waals surface area (Å²) in [7, 11) is 1.69. The Kier molecular flexibility index (Phi) is 2.66. The van der Waals surface area contributed by atoms with Gasteiger partial charge in [-0.2, -0.15) is 0 Å². The van der Waals surface area contributed by atoms with Crippen LogP contribution < -0.4 is 10.5 Å². The molecular weight excluding hydrogens is 198 g/mol. The average Bonchev–Trinajstić information content (AvgIpc) is 2.13. The van der Waals surface area contributed by atoms with E-state index in [9.17, 15) is 0 Å². The first kappa shape index (κ1) is 9.81. The van der Waals surface area contributed by atoms with E-state index in [4.69, 9.17) is 22.1 Å². The fourth-order valence-electron chi connectivity index (χ4n) is 1.94. The first-order valence-electron chi connectivity index (χ1n) is 4.79. The number of hydrogen-bond donors (Lipinski definition) is 1. The van der Waals surface area contributed by atoms with Gasteiger partial charge in [0.2, 0.25) is 0 Å². The number of nitrogens with two attached hydrogens (primary N) is 1. The summed E-state index contributed by atoms with van der Waals surface area (Å²) in [4.78, 5) is 0. The highest BCUT2D eigenvalue weighted by molar-refractivity contribution is 6.30. The van der Waals surface area contributed by atoms with E-state index >= 15 is 0 Å². The number of rotatable bonds is 2. The maximum atomic E-state index is 5.95. The minimum atomic E-state index is 0.351. The van der Waals surface area contributed by atoms with Crippen molar-refractivity contribution in [2.45, 2.75) is 24.8 Å². The van der Waals surface area contributed by atoms with Crippen molar-refractivity contribution in [3.8, 4) is 5.75 Å². The standard InChI is InChI=1S/C11H14ClNO/c1-14-11-3-2-8(12)6-10(11)7-4-9(13)5-7/h2-3,6-7,9H,4-5,13H2,1H3. The zero-order chi connectivity index (χ0) is 10.1. The van der Waals surface area contributed by atoms with Crippen molar-refractivity contribution in [1.29, 1.82) is 0 Å². The maximum Gasteiger partial charge on any atom is 0.122 e. The van der Waals surface area contributed by atoms with Crippen LogP contribution in [0, 0.1) is 0 Å². The summed E-state index contributed by atoms with van der Waals surface area (Å²) in [5, 5.41) is 0.765. The summed E-state index contributed by atoms with van der Waals surface area (Å²) < 4.78 is 5.29. The third kappa shape index (κ3) is 1.72. The summed E-state index contributed by atoms with van der Waals surface area (Å²) in [6.07, 6.45) is 2.08. The summed E-state index contributed by atoms with van der Waals surface area (Å²) in [5.74, 6) is 1.45. The van der Waals surface area contributed by atoms with Gasteiger partial charge in [0.1, 0.15) is 5.75 Å². The molecule has 2 nitrogen and oxygen atoms in total. The number of ether oxygens (including phenoxy) is 1. The Labute approximate surface area is 89.0 Å². The lowest BCUT2D eigenvalue weighted by molar-refractivity contribution is 0.334. The number of methoxy groups -OCH3 is 1. The topological polar surface area (TPSA) is 35.2 Å². The minimum absolute atomic E-state index is 0.351. The minimum Gasteiger partial charge on any atom is -0.496 e. The lowest BCUT2D eigenvalue weighted by atomic mass is 9.76. The SMILES string of the molecule is COc1ccc(Cl)cc1C1CC(N)C1. The van der Waals surface area contributed by atoms with Crippen LogP contribution in [-0.2, 0) is 0 Å². The molecule has 0 bridgehead atoms. The van der Waals surface area contributed by atoms with Crippen LogP contribution in [0.2, 0.25) is 5.02 Å². The molecule has 1 aliphatic carbocycles.